The van der Waals surface area contributed by atoms with Gasteiger partial charge in [-0.3, -0.25) is 9.48 Å². The smallest absolute Gasteiger partial charge is 0.272 e. The second-order valence-electron chi connectivity index (χ2n) is 7.79. The van der Waals surface area contributed by atoms with Gasteiger partial charge in [-0.1, -0.05) is 34.6 Å². The van der Waals surface area contributed by atoms with Crippen molar-refractivity contribution in [1.29, 1.82) is 0 Å². The number of carbonyl (C=O) groups is 1. The molecule has 1 aromatic rings. The number of nitrogens with zero attached hydrogens (tertiary/aromatic N) is 3. The predicted octanol–water partition coefficient (Wildman–Crippen LogP) is 1.82. The van der Waals surface area contributed by atoms with Crippen molar-refractivity contribution in [3.8, 4) is 0 Å². The molecule has 0 radical (unpaired) electrons. The minimum atomic E-state index is -3.10. The molecule has 2 heterocycles. The molecule has 7 heteroatoms. The number of amides is 1. The van der Waals surface area contributed by atoms with E-state index in [0.717, 1.165) is 0 Å². The average Bonchev–Trinajstić information content (AvgIpc) is 2.83. The van der Waals surface area contributed by atoms with Crippen molar-refractivity contribution < 1.29 is 13.2 Å². The summed E-state index contributed by atoms with van der Waals surface area (Å²) in [6, 6.07) is 1.39. The summed E-state index contributed by atoms with van der Waals surface area (Å²) in [5, 5.41) is 4.24. The molecule has 0 bridgehead atoms. The monoisotopic (exact) mass is 341 g/mol. The average molecular weight is 341 g/mol. The van der Waals surface area contributed by atoms with Gasteiger partial charge in [0.25, 0.3) is 5.91 Å². The third kappa shape index (κ3) is 4.13. The van der Waals surface area contributed by atoms with E-state index in [1.807, 2.05) is 20.8 Å². The standard InChI is InChI=1S/C16H27N3O3S/c1-12(2)10-19-13(6-7-17-19)15(20)18-8-9-23(21,22)11-14(18)16(3,4)5/h6-7,12,14H,8-11H2,1-5H3. The number of aromatic nitrogens is 2. The summed E-state index contributed by atoms with van der Waals surface area (Å²) in [5.74, 6) is 0.309. The van der Waals surface area contributed by atoms with Gasteiger partial charge in [0.1, 0.15) is 5.69 Å². The minimum Gasteiger partial charge on any atom is -0.332 e. The van der Waals surface area contributed by atoms with Gasteiger partial charge in [-0.2, -0.15) is 5.10 Å². The van der Waals surface area contributed by atoms with E-state index in [1.165, 1.54) is 0 Å². The highest BCUT2D eigenvalue weighted by molar-refractivity contribution is 7.91. The lowest BCUT2D eigenvalue weighted by Crippen LogP contribution is -2.56. The zero-order chi connectivity index (χ0) is 17.4. The van der Waals surface area contributed by atoms with Gasteiger partial charge in [0.05, 0.1) is 17.5 Å². The maximum absolute atomic E-state index is 13.0. The van der Waals surface area contributed by atoms with Crippen molar-refractivity contribution in [2.24, 2.45) is 11.3 Å². The van der Waals surface area contributed by atoms with Crippen LogP contribution in [0, 0.1) is 11.3 Å². The summed E-state index contributed by atoms with van der Waals surface area (Å²) in [4.78, 5) is 14.7. The summed E-state index contributed by atoms with van der Waals surface area (Å²) in [5.41, 5.74) is 0.235. The van der Waals surface area contributed by atoms with Crippen LogP contribution in [0.25, 0.3) is 0 Å². The van der Waals surface area contributed by atoms with Gasteiger partial charge in [-0.05, 0) is 17.4 Å². The first kappa shape index (κ1) is 18.0. The van der Waals surface area contributed by atoms with E-state index in [2.05, 4.69) is 18.9 Å². The van der Waals surface area contributed by atoms with Crippen LogP contribution < -0.4 is 0 Å². The van der Waals surface area contributed by atoms with Crippen LogP contribution in [0.15, 0.2) is 12.3 Å². The van der Waals surface area contributed by atoms with Gasteiger partial charge < -0.3 is 4.90 Å². The Bertz CT molecular complexity index is 671. The lowest BCUT2D eigenvalue weighted by molar-refractivity contribution is 0.0548. The highest BCUT2D eigenvalue weighted by Crippen LogP contribution is 2.30. The Hall–Kier alpha value is -1.37. The summed E-state index contributed by atoms with van der Waals surface area (Å²) in [7, 11) is -3.10. The molecule has 1 saturated heterocycles. The molecule has 130 valence electrons. The molecule has 1 aromatic heterocycles. The van der Waals surface area contributed by atoms with E-state index in [4.69, 9.17) is 0 Å². The quantitative estimate of drug-likeness (QED) is 0.841. The molecule has 0 aliphatic carbocycles. The number of hydrogen-bond acceptors (Lipinski definition) is 4. The molecule has 1 aliphatic heterocycles. The molecule has 0 spiro atoms. The molecule has 2 rings (SSSR count). The molecule has 1 amide bonds. The molecule has 6 nitrogen and oxygen atoms in total. The third-order valence-electron chi connectivity index (χ3n) is 4.17. The SMILES string of the molecule is CC(C)Cn1nccc1C(=O)N1CCS(=O)(=O)CC1C(C)(C)C. The Morgan fingerprint density at radius 2 is 2.04 bits per heavy atom. The van der Waals surface area contributed by atoms with E-state index >= 15 is 0 Å². The summed E-state index contributed by atoms with van der Waals surface area (Å²) in [6.07, 6.45) is 1.63. The van der Waals surface area contributed by atoms with E-state index in [-0.39, 0.29) is 35.4 Å². The van der Waals surface area contributed by atoms with Crippen LogP contribution in [0.5, 0.6) is 0 Å². The van der Waals surface area contributed by atoms with E-state index in [9.17, 15) is 13.2 Å². The first-order valence-corrected chi connectivity index (χ1v) is 9.86. The first-order chi connectivity index (χ1) is 10.5. The van der Waals surface area contributed by atoms with Crippen molar-refractivity contribution >= 4 is 15.7 Å². The highest BCUT2D eigenvalue weighted by Gasteiger charge is 2.41. The fourth-order valence-corrected chi connectivity index (χ4v) is 4.72. The van der Waals surface area contributed by atoms with Crippen molar-refractivity contribution in [1.82, 2.24) is 14.7 Å². The van der Waals surface area contributed by atoms with Crippen LogP contribution in [-0.2, 0) is 16.4 Å². The summed E-state index contributed by atoms with van der Waals surface area (Å²) < 4.78 is 25.8. The Morgan fingerprint density at radius 1 is 1.39 bits per heavy atom. The number of carbonyl (C=O) groups excluding carboxylic acids is 1. The molecule has 1 unspecified atom stereocenters. The third-order valence-corrected chi connectivity index (χ3v) is 5.79. The van der Waals surface area contributed by atoms with E-state index in [1.54, 1.807) is 21.8 Å². The molecule has 0 N–H and O–H groups in total. The fraction of sp³-hybridized carbons (Fsp3) is 0.750. The van der Waals surface area contributed by atoms with Crippen LogP contribution in [0.1, 0.15) is 45.1 Å². The second kappa shape index (κ2) is 6.26. The van der Waals surface area contributed by atoms with Gasteiger partial charge in [0.15, 0.2) is 9.84 Å². The molecule has 1 fully saturated rings. The van der Waals surface area contributed by atoms with Crippen molar-refractivity contribution in [2.75, 3.05) is 18.1 Å². The van der Waals surface area contributed by atoms with Crippen LogP contribution in [-0.4, -0.2) is 53.1 Å². The van der Waals surface area contributed by atoms with Crippen molar-refractivity contribution in [3.63, 3.8) is 0 Å². The van der Waals surface area contributed by atoms with E-state index in [0.29, 0.717) is 18.2 Å². The minimum absolute atomic E-state index is 0.0283. The molecule has 1 atom stereocenters. The molecule has 1 aliphatic rings. The van der Waals surface area contributed by atoms with Crippen LogP contribution >= 0.6 is 0 Å². The normalized spacial score (nSPS) is 21.7. The predicted molar refractivity (Wildman–Crippen MR) is 90.0 cm³/mol. The fourth-order valence-electron chi connectivity index (χ4n) is 2.92. The molecule has 23 heavy (non-hydrogen) atoms. The van der Waals surface area contributed by atoms with Gasteiger partial charge in [-0.15, -0.1) is 0 Å². The van der Waals surface area contributed by atoms with Crippen molar-refractivity contribution in [3.05, 3.63) is 18.0 Å². The number of hydrogen-bond donors (Lipinski definition) is 0. The summed E-state index contributed by atoms with van der Waals surface area (Å²) >= 11 is 0. The van der Waals surface area contributed by atoms with Gasteiger partial charge >= 0.3 is 0 Å². The van der Waals surface area contributed by atoms with Gasteiger partial charge in [-0.25, -0.2) is 8.42 Å². The maximum Gasteiger partial charge on any atom is 0.272 e. The number of rotatable bonds is 3. The topological polar surface area (TPSA) is 72.3 Å². The van der Waals surface area contributed by atoms with E-state index < -0.39 is 9.84 Å². The highest BCUT2D eigenvalue weighted by atomic mass is 32.2. The lowest BCUT2D eigenvalue weighted by Gasteiger charge is -2.42. The lowest BCUT2D eigenvalue weighted by atomic mass is 9.86. The zero-order valence-electron chi connectivity index (χ0n) is 14.6. The maximum atomic E-state index is 13.0. The zero-order valence-corrected chi connectivity index (χ0v) is 15.4. The molecule has 0 aromatic carbocycles. The molecular weight excluding hydrogens is 314 g/mol. The van der Waals surface area contributed by atoms with Crippen molar-refractivity contribution in [2.45, 2.75) is 47.2 Å². The molecular formula is C16H27N3O3S. The van der Waals surface area contributed by atoms with Crippen LogP contribution in [0.2, 0.25) is 0 Å². The van der Waals surface area contributed by atoms with Gasteiger partial charge in [0, 0.05) is 19.3 Å². The Kier molecular flexibility index (Phi) is 4.89. The summed E-state index contributed by atoms with van der Waals surface area (Å²) in [6.45, 7) is 11.0. The second-order valence-corrected chi connectivity index (χ2v) is 10.0. The van der Waals surface area contributed by atoms with Gasteiger partial charge in [0.2, 0.25) is 0 Å². The Labute approximate surface area is 138 Å². The largest absolute Gasteiger partial charge is 0.332 e. The Morgan fingerprint density at radius 3 is 2.61 bits per heavy atom. The molecule has 0 saturated carbocycles. The first-order valence-electron chi connectivity index (χ1n) is 8.04. The van der Waals surface area contributed by atoms with Crippen LogP contribution in [0.4, 0.5) is 0 Å². The number of sulfone groups is 1. The Balaban J connectivity index is 2.32. The van der Waals surface area contributed by atoms with Crippen LogP contribution in [0.3, 0.4) is 0 Å².